The van der Waals surface area contributed by atoms with Crippen molar-refractivity contribution < 1.29 is 14.3 Å². The molecular formula is C30H39N9O4. The summed E-state index contributed by atoms with van der Waals surface area (Å²) < 4.78 is 8.82. The maximum Gasteiger partial charge on any atom is 0.410 e. The van der Waals surface area contributed by atoms with Crippen LogP contribution in [0.15, 0.2) is 47.7 Å². The van der Waals surface area contributed by atoms with Gasteiger partial charge in [0.1, 0.15) is 11.4 Å². The highest BCUT2D eigenvalue weighted by Crippen LogP contribution is 2.42. The summed E-state index contributed by atoms with van der Waals surface area (Å²) in [5, 5.41) is 3.23. The molecule has 5 heterocycles. The van der Waals surface area contributed by atoms with Crippen LogP contribution >= 0.6 is 0 Å². The van der Waals surface area contributed by atoms with Crippen molar-refractivity contribution in [2.24, 2.45) is 18.2 Å². The van der Waals surface area contributed by atoms with E-state index in [1.165, 1.54) is 0 Å². The lowest BCUT2D eigenvalue weighted by Gasteiger charge is -2.60. The third kappa shape index (κ3) is 5.75. The molecule has 3 saturated heterocycles. The van der Waals surface area contributed by atoms with Crippen LogP contribution in [0.4, 0.5) is 27.8 Å². The Hall–Kier alpha value is -4.55. The van der Waals surface area contributed by atoms with Gasteiger partial charge in [0.15, 0.2) is 11.5 Å². The van der Waals surface area contributed by atoms with Gasteiger partial charge in [-0.3, -0.25) is 9.36 Å². The minimum absolute atomic E-state index is 0.0185. The molecule has 0 aliphatic carbocycles. The second-order valence-electron chi connectivity index (χ2n) is 13.0. The Kier molecular flexibility index (Phi) is 7.05. The van der Waals surface area contributed by atoms with Crippen LogP contribution in [-0.2, 0) is 11.8 Å². The molecule has 1 aromatic carbocycles. The van der Waals surface area contributed by atoms with E-state index in [-0.39, 0.29) is 34.8 Å². The normalized spacial score (nSPS) is 19.5. The molecule has 2 amide bonds. The first-order chi connectivity index (χ1) is 20.4. The molecule has 1 atom stereocenters. The number of nitrogens with two attached hydrogens (primary N) is 1. The SMILES string of the molecule is Cn1ccn([C@@H]2CCCN(c3cnc(C(N)=O)c(Nc4ccc(N5CC6(CN(C(=O)OC(C)(C)C)C6)C5)cc4)n3)C2)c1=O. The van der Waals surface area contributed by atoms with Crippen molar-refractivity contribution in [3.63, 3.8) is 0 Å². The van der Waals surface area contributed by atoms with Crippen molar-refractivity contribution in [2.75, 3.05) is 54.4 Å². The Bertz CT molecular complexity index is 1580. The van der Waals surface area contributed by atoms with Crippen LogP contribution in [0.2, 0.25) is 0 Å². The van der Waals surface area contributed by atoms with Gasteiger partial charge in [-0.1, -0.05) is 0 Å². The number of hydrogen-bond donors (Lipinski definition) is 2. The maximum atomic E-state index is 12.5. The maximum absolute atomic E-state index is 12.5. The highest BCUT2D eigenvalue weighted by atomic mass is 16.6. The third-order valence-electron chi connectivity index (χ3n) is 8.33. The summed E-state index contributed by atoms with van der Waals surface area (Å²) in [6, 6.07) is 7.93. The van der Waals surface area contributed by atoms with Crippen molar-refractivity contribution in [3.05, 3.63) is 59.0 Å². The standard InChI is InChI=1S/C30H39N9O4/c1-29(2,3)43-28(42)38-18-30(19-38)16-37(17-30)21-9-7-20(8-10-21)33-26-24(25(31)40)32-14-23(34-26)36-11-5-6-22(15-36)39-13-12-35(4)27(39)41/h7-10,12-14,22H,5-6,11,15-19H2,1-4H3,(H2,31,40)(H,33,34)/t22-/m1/s1. The number of rotatable bonds is 6. The van der Waals surface area contributed by atoms with Crippen LogP contribution in [0.25, 0.3) is 0 Å². The lowest BCUT2D eigenvalue weighted by molar-refractivity contribution is -0.0453. The lowest BCUT2D eigenvalue weighted by atomic mass is 9.73. The zero-order valence-corrected chi connectivity index (χ0v) is 25.1. The molecule has 3 aliphatic rings. The van der Waals surface area contributed by atoms with Crippen LogP contribution in [0.1, 0.15) is 50.1 Å². The number of benzene rings is 1. The van der Waals surface area contributed by atoms with Gasteiger partial charge in [-0.2, -0.15) is 0 Å². The molecule has 13 nitrogen and oxygen atoms in total. The molecular weight excluding hydrogens is 550 g/mol. The number of hydrogen-bond acceptors (Lipinski definition) is 9. The number of aromatic nitrogens is 4. The molecule has 3 aliphatic heterocycles. The molecule has 1 spiro atoms. The molecule has 13 heteroatoms. The van der Waals surface area contributed by atoms with Gasteiger partial charge >= 0.3 is 11.8 Å². The van der Waals surface area contributed by atoms with E-state index >= 15 is 0 Å². The fourth-order valence-corrected chi connectivity index (χ4v) is 6.21. The average molecular weight is 590 g/mol. The van der Waals surface area contributed by atoms with E-state index < -0.39 is 11.5 Å². The fraction of sp³-hybridized carbons (Fsp3) is 0.500. The Morgan fingerprint density at radius 1 is 1.07 bits per heavy atom. The van der Waals surface area contributed by atoms with E-state index in [2.05, 4.69) is 20.1 Å². The number of imidazole rings is 1. The van der Waals surface area contributed by atoms with Crippen LogP contribution in [0.5, 0.6) is 0 Å². The number of anilines is 4. The summed E-state index contributed by atoms with van der Waals surface area (Å²) >= 11 is 0. The quantitative estimate of drug-likeness (QED) is 0.444. The average Bonchev–Trinajstić information content (AvgIpc) is 3.24. The predicted molar refractivity (Wildman–Crippen MR) is 163 cm³/mol. The Morgan fingerprint density at radius 3 is 2.42 bits per heavy atom. The van der Waals surface area contributed by atoms with Crippen LogP contribution in [-0.4, -0.2) is 80.9 Å². The fourth-order valence-electron chi connectivity index (χ4n) is 6.21. The molecule has 3 aromatic rings. The predicted octanol–water partition coefficient (Wildman–Crippen LogP) is 2.72. The number of aryl methyl sites for hydroxylation is 1. The molecule has 0 unspecified atom stereocenters. The second kappa shape index (κ2) is 10.6. The minimum Gasteiger partial charge on any atom is -0.444 e. The van der Waals surface area contributed by atoms with Gasteiger partial charge in [0.25, 0.3) is 5.91 Å². The highest BCUT2D eigenvalue weighted by Gasteiger charge is 2.54. The summed E-state index contributed by atoms with van der Waals surface area (Å²) in [4.78, 5) is 52.2. The number of carbonyl (C=O) groups is 2. The minimum atomic E-state index is -0.669. The van der Waals surface area contributed by atoms with Crippen molar-refractivity contribution in [3.8, 4) is 0 Å². The number of primary amides is 1. The van der Waals surface area contributed by atoms with E-state index in [0.717, 1.165) is 43.9 Å². The third-order valence-corrected chi connectivity index (χ3v) is 8.33. The number of amides is 2. The molecule has 2 aromatic heterocycles. The monoisotopic (exact) mass is 589 g/mol. The smallest absolute Gasteiger partial charge is 0.410 e. The molecule has 3 N–H and O–H groups in total. The lowest BCUT2D eigenvalue weighted by Crippen LogP contribution is -2.73. The molecule has 0 saturated carbocycles. The van der Waals surface area contributed by atoms with Gasteiger partial charge in [0, 0.05) is 75.5 Å². The van der Waals surface area contributed by atoms with Gasteiger partial charge in [0.05, 0.1) is 12.2 Å². The Morgan fingerprint density at radius 2 is 1.79 bits per heavy atom. The van der Waals surface area contributed by atoms with Gasteiger partial charge in [-0.25, -0.2) is 19.6 Å². The summed E-state index contributed by atoms with van der Waals surface area (Å²) in [7, 11) is 1.74. The number of carbonyl (C=O) groups excluding carboxylic acids is 2. The molecule has 0 bridgehead atoms. The number of piperidine rings is 1. The zero-order chi connectivity index (χ0) is 30.5. The molecule has 6 rings (SSSR count). The Balaban J connectivity index is 1.10. The van der Waals surface area contributed by atoms with E-state index in [1.807, 2.05) is 51.2 Å². The summed E-state index contributed by atoms with van der Waals surface area (Å²) in [5.74, 6) is 0.235. The van der Waals surface area contributed by atoms with E-state index in [9.17, 15) is 14.4 Å². The van der Waals surface area contributed by atoms with Crippen LogP contribution < -0.4 is 26.5 Å². The van der Waals surface area contributed by atoms with Gasteiger partial charge < -0.3 is 35.1 Å². The first-order valence-electron chi connectivity index (χ1n) is 14.6. The first kappa shape index (κ1) is 28.6. The highest BCUT2D eigenvalue weighted by molar-refractivity contribution is 5.96. The van der Waals surface area contributed by atoms with Crippen molar-refractivity contribution in [2.45, 2.75) is 45.3 Å². The first-order valence-corrected chi connectivity index (χ1v) is 14.6. The number of nitrogens with one attached hydrogen (secondary N) is 1. The van der Waals surface area contributed by atoms with Crippen LogP contribution in [0, 0.1) is 5.41 Å². The molecule has 3 fully saturated rings. The summed E-state index contributed by atoms with van der Waals surface area (Å²) in [5.41, 5.74) is 7.11. The van der Waals surface area contributed by atoms with Gasteiger partial charge in [-0.15, -0.1) is 0 Å². The van der Waals surface area contributed by atoms with Crippen molar-refractivity contribution >= 4 is 35.0 Å². The number of nitrogens with zero attached hydrogens (tertiary/aromatic N) is 7. The van der Waals surface area contributed by atoms with E-state index in [4.69, 9.17) is 15.5 Å². The van der Waals surface area contributed by atoms with E-state index in [1.54, 1.807) is 33.5 Å². The Labute approximate surface area is 250 Å². The second-order valence-corrected chi connectivity index (χ2v) is 13.0. The van der Waals surface area contributed by atoms with Gasteiger partial charge in [0.2, 0.25) is 0 Å². The molecule has 228 valence electrons. The van der Waals surface area contributed by atoms with Gasteiger partial charge in [-0.05, 0) is 57.9 Å². The van der Waals surface area contributed by atoms with Crippen LogP contribution in [0.3, 0.4) is 0 Å². The topological polar surface area (TPSA) is 144 Å². The largest absolute Gasteiger partial charge is 0.444 e. The van der Waals surface area contributed by atoms with Crippen molar-refractivity contribution in [1.29, 1.82) is 0 Å². The molecule has 0 radical (unpaired) electrons. The van der Waals surface area contributed by atoms with Crippen molar-refractivity contribution in [1.82, 2.24) is 24.0 Å². The molecule has 43 heavy (non-hydrogen) atoms. The summed E-state index contributed by atoms with van der Waals surface area (Å²) in [6.45, 7) is 10.2. The number of ether oxygens (including phenoxy) is 1. The summed E-state index contributed by atoms with van der Waals surface area (Å²) in [6.07, 6.45) is 6.69. The zero-order valence-electron chi connectivity index (χ0n) is 25.1. The number of likely N-dealkylation sites (tertiary alicyclic amines) is 1. The van der Waals surface area contributed by atoms with E-state index in [0.29, 0.717) is 25.5 Å².